The Morgan fingerprint density at radius 3 is 2.18 bits per heavy atom. The summed E-state index contributed by atoms with van der Waals surface area (Å²) in [6, 6.07) is 0. The average molecular weight is 239 g/mol. The molecule has 2 heteroatoms. The van der Waals surface area contributed by atoms with Crippen molar-refractivity contribution in [2.75, 3.05) is 19.6 Å². The second kappa shape index (κ2) is 5.99. The zero-order valence-electron chi connectivity index (χ0n) is 12.3. The number of likely N-dealkylation sites (tertiary alicyclic amines) is 1. The maximum atomic E-state index is 11.9. The number of ketones is 1. The van der Waals surface area contributed by atoms with Gasteiger partial charge in [0, 0.05) is 18.4 Å². The molecule has 0 aromatic rings. The minimum Gasteiger partial charge on any atom is -0.303 e. The van der Waals surface area contributed by atoms with Crippen LogP contribution < -0.4 is 0 Å². The molecule has 2 nitrogen and oxygen atoms in total. The van der Waals surface area contributed by atoms with E-state index in [-0.39, 0.29) is 5.41 Å². The molecule has 1 aliphatic heterocycles. The van der Waals surface area contributed by atoms with Gasteiger partial charge in [-0.2, -0.15) is 0 Å². The van der Waals surface area contributed by atoms with Crippen LogP contribution >= 0.6 is 0 Å². The highest BCUT2D eigenvalue weighted by molar-refractivity contribution is 5.83. The SMILES string of the molecule is CC(C)C1CCN(CCC(=O)C(C)(C)C)CC1. The van der Waals surface area contributed by atoms with Gasteiger partial charge in [-0.25, -0.2) is 0 Å². The highest BCUT2D eigenvalue weighted by Crippen LogP contribution is 2.25. The lowest BCUT2D eigenvalue weighted by Gasteiger charge is -2.34. The topological polar surface area (TPSA) is 20.3 Å². The van der Waals surface area contributed by atoms with Crippen LogP contribution in [0.1, 0.15) is 53.9 Å². The zero-order valence-corrected chi connectivity index (χ0v) is 12.3. The Labute approximate surface area is 107 Å². The normalized spacial score (nSPS) is 19.9. The molecule has 1 aliphatic rings. The van der Waals surface area contributed by atoms with E-state index in [1.807, 2.05) is 20.8 Å². The van der Waals surface area contributed by atoms with Crippen molar-refractivity contribution in [2.45, 2.75) is 53.9 Å². The van der Waals surface area contributed by atoms with E-state index in [1.54, 1.807) is 0 Å². The van der Waals surface area contributed by atoms with E-state index >= 15 is 0 Å². The van der Waals surface area contributed by atoms with E-state index in [4.69, 9.17) is 0 Å². The van der Waals surface area contributed by atoms with E-state index in [2.05, 4.69) is 18.7 Å². The first-order valence-electron chi connectivity index (χ1n) is 7.06. The van der Waals surface area contributed by atoms with Gasteiger partial charge in [-0.3, -0.25) is 4.79 Å². The Bertz CT molecular complexity index is 244. The molecule has 0 aromatic carbocycles. The van der Waals surface area contributed by atoms with Crippen LogP contribution in [0.15, 0.2) is 0 Å². The molecular weight excluding hydrogens is 210 g/mol. The first kappa shape index (κ1) is 14.7. The third-order valence-corrected chi connectivity index (χ3v) is 4.07. The average Bonchev–Trinajstić information content (AvgIpc) is 2.25. The van der Waals surface area contributed by atoms with Gasteiger partial charge in [0.25, 0.3) is 0 Å². The first-order chi connectivity index (χ1) is 7.80. The second-order valence-corrected chi connectivity index (χ2v) is 6.85. The molecule has 1 saturated heterocycles. The molecule has 100 valence electrons. The zero-order chi connectivity index (χ0) is 13.1. The van der Waals surface area contributed by atoms with Crippen LogP contribution in [0.25, 0.3) is 0 Å². The van der Waals surface area contributed by atoms with Crippen LogP contribution in [-0.4, -0.2) is 30.3 Å². The molecule has 17 heavy (non-hydrogen) atoms. The molecule has 0 saturated carbocycles. The van der Waals surface area contributed by atoms with Crippen molar-refractivity contribution in [2.24, 2.45) is 17.3 Å². The van der Waals surface area contributed by atoms with Crippen LogP contribution in [0.2, 0.25) is 0 Å². The molecule has 0 amide bonds. The van der Waals surface area contributed by atoms with Crippen LogP contribution in [0.4, 0.5) is 0 Å². The predicted molar refractivity (Wildman–Crippen MR) is 73.1 cm³/mol. The van der Waals surface area contributed by atoms with Crippen molar-refractivity contribution in [1.29, 1.82) is 0 Å². The van der Waals surface area contributed by atoms with Gasteiger partial charge < -0.3 is 4.90 Å². The number of piperidine rings is 1. The van der Waals surface area contributed by atoms with Crippen molar-refractivity contribution in [3.8, 4) is 0 Å². The molecule has 0 radical (unpaired) electrons. The Balaban J connectivity index is 2.25. The molecule has 1 heterocycles. The Hall–Kier alpha value is -0.370. The summed E-state index contributed by atoms with van der Waals surface area (Å²) in [6.07, 6.45) is 3.33. The lowest BCUT2D eigenvalue weighted by molar-refractivity contribution is -0.126. The molecule has 0 aromatic heterocycles. The van der Waals surface area contributed by atoms with Gasteiger partial charge >= 0.3 is 0 Å². The van der Waals surface area contributed by atoms with Crippen molar-refractivity contribution in [1.82, 2.24) is 4.90 Å². The summed E-state index contributed by atoms with van der Waals surface area (Å²) in [6.45, 7) is 14.0. The van der Waals surface area contributed by atoms with Crippen molar-refractivity contribution >= 4 is 5.78 Å². The minimum atomic E-state index is -0.170. The smallest absolute Gasteiger partial charge is 0.139 e. The number of carbonyl (C=O) groups is 1. The summed E-state index contributed by atoms with van der Waals surface area (Å²) in [7, 11) is 0. The maximum Gasteiger partial charge on any atom is 0.139 e. The van der Waals surface area contributed by atoms with Gasteiger partial charge in [0.2, 0.25) is 0 Å². The van der Waals surface area contributed by atoms with E-state index < -0.39 is 0 Å². The fourth-order valence-electron chi connectivity index (χ4n) is 2.48. The van der Waals surface area contributed by atoms with Gasteiger partial charge in [0.05, 0.1) is 0 Å². The highest BCUT2D eigenvalue weighted by atomic mass is 16.1. The van der Waals surface area contributed by atoms with E-state index in [1.165, 1.54) is 25.9 Å². The summed E-state index contributed by atoms with van der Waals surface area (Å²) in [5.41, 5.74) is -0.170. The number of hydrogen-bond acceptors (Lipinski definition) is 2. The van der Waals surface area contributed by atoms with Gasteiger partial charge in [-0.05, 0) is 37.8 Å². The molecule has 1 fully saturated rings. The van der Waals surface area contributed by atoms with Crippen LogP contribution in [0.3, 0.4) is 0 Å². The Morgan fingerprint density at radius 2 is 1.76 bits per heavy atom. The third-order valence-electron chi connectivity index (χ3n) is 4.07. The Kier molecular flexibility index (Phi) is 5.18. The van der Waals surface area contributed by atoms with E-state index in [0.29, 0.717) is 5.78 Å². The minimum absolute atomic E-state index is 0.170. The molecule has 0 spiro atoms. The van der Waals surface area contributed by atoms with Crippen LogP contribution in [0.5, 0.6) is 0 Å². The first-order valence-corrected chi connectivity index (χ1v) is 7.06. The monoisotopic (exact) mass is 239 g/mol. The van der Waals surface area contributed by atoms with Gasteiger partial charge in [0.15, 0.2) is 0 Å². The quantitative estimate of drug-likeness (QED) is 0.750. The van der Waals surface area contributed by atoms with Gasteiger partial charge in [-0.1, -0.05) is 34.6 Å². The number of nitrogens with zero attached hydrogens (tertiary/aromatic N) is 1. The number of carbonyl (C=O) groups excluding carboxylic acids is 1. The molecule has 0 aliphatic carbocycles. The molecule has 0 N–H and O–H groups in total. The predicted octanol–water partition coefficient (Wildman–Crippen LogP) is 3.36. The van der Waals surface area contributed by atoms with Crippen LogP contribution in [0, 0.1) is 17.3 Å². The van der Waals surface area contributed by atoms with E-state index in [9.17, 15) is 4.79 Å². The van der Waals surface area contributed by atoms with Crippen molar-refractivity contribution < 1.29 is 4.79 Å². The number of rotatable bonds is 4. The summed E-state index contributed by atoms with van der Waals surface area (Å²) < 4.78 is 0. The lowest BCUT2D eigenvalue weighted by atomic mass is 9.86. The summed E-state index contributed by atoms with van der Waals surface area (Å²) in [5.74, 6) is 2.10. The van der Waals surface area contributed by atoms with E-state index in [0.717, 1.165) is 24.8 Å². The second-order valence-electron chi connectivity index (χ2n) is 6.85. The van der Waals surface area contributed by atoms with Gasteiger partial charge in [0.1, 0.15) is 5.78 Å². The largest absolute Gasteiger partial charge is 0.303 e. The van der Waals surface area contributed by atoms with Gasteiger partial charge in [-0.15, -0.1) is 0 Å². The maximum absolute atomic E-state index is 11.9. The third kappa shape index (κ3) is 4.79. The number of hydrogen-bond donors (Lipinski definition) is 0. The standard InChI is InChI=1S/C15H29NO/c1-12(2)13-6-9-16(10-7-13)11-8-14(17)15(3,4)5/h12-13H,6-11H2,1-5H3. The number of Topliss-reactive ketones (excluding diaryl/α,β-unsaturated/α-hetero) is 1. The fourth-order valence-corrected chi connectivity index (χ4v) is 2.48. The lowest BCUT2D eigenvalue weighted by Crippen LogP contribution is -2.37. The summed E-state index contributed by atoms with van der Waals surface area (Å²) in [5, 5.41) is 0. The van der Waals surface area contributed by atoms with Crippen LogP contribution in [-0.2, 0) is 4.79 Å². The summed E-state index contributed by atoms with van der Waals surface area (Å²) >= 11 is 0. The fraction of sp³-hybridized carbons (Fsp3) is 0.933. The molecule has 1 rings (SSSR count). The molecule has 0 atom stereocenters. The molecule has 0 bridgehead atoms. The Morgan fingerprint density at radius 1 is 1.24 bits per heavy atom. The van der Waals surface area contributed by atoms with Crippen molar-refractivity contribution in [3.63, 3.8) is 0 Å². The summed E-state index contributed by atoms with van der Waals surface area (Å²) in [4.78, 5) is 14.3. The molecule has 0 unspecified atom stereocenters. The highest BCUT2D eigenvalue weighted by Gasteiger charge is 2.24. The molecular formula is C15H29NO. The van der Waals surface area contributed by atoms with Crippen molar-refractivity contribution in [3.05, 3.63) is 0 Å².